The minimum atomic E-state index is -4.44. The number of hydrazone groups is 1. The number of alkyl halides is 3. The second-order valence-electron chi connectivity index (χ2n) is 6.37. The fraction of sp³-hybridized carbons (Fsp3) is 0.0909. The Hall–Kier alpha value is -3.32. The molecule has 0 fully saturated rings. The molecule has 0 aliphatic heterocycles. The van der Waals surface area contributed by atoms with Gasteiger partial charge in [-0.25, -0.2) is 10.2 Å². The van der Waals surface area contributed by atoms with Crippen molar-refractivity contribution in [2.45, 2.75) is 12.6 Å². The van der Waals surface area contributed by atoms with Gasteiger partial charge in [0.1, 0.15) is 0 Å². The summed E-state index contributed by atoms with van der Waals surface area (Å²) in [6.07, 6.45) is -3.99. The molecule has 3 aromatic rings. The van der Waals surface area contributed by atoms with Crippen molar-refractivity contribution in [2.75, 3.05) is 5.32 Å². The lowest BCUT2D eigenvalue weighted by atomic mass is 10.0. The van der Waals surface area contributed by atoms with E-state index in [1.807, 2.05) is 36.4 Å². The van der Waals surface area contributed by atoms with Crippen LogP contribution in [-0.2, 0) is 12.6 Å². The maximum absolute atomic E-state index is 12.6. The molecule has 0 unspecified atom stereocenters. The number of carbonyl (C=O) groups is 1. The van der Waals surface area contributed by atoms with Gasteiger partial charge in [0.05, 0.1) is 11.3 Å². The van der Waals surface area contributed by atoms with E-state index < -0.39 is 17.8 Å². The monoisotopic (exact) mass is 431 g/mol. The molecule has 3 aromatic carbocycles. The molecular formula is C22H17ClF3N3O. The van der Waals surface area contributed by atoms with Crippen molar-refractivity contribution >= 4 is 29.0 Å². The average molecular weight is 432 g/mol. The van der Waals surface area contributed by atoms with Gasteiger partial charge < -0.3 is 5.32 Å². The second-order valence-corrected chi connectivity index (χ2v) is 6.81. The number of nitrogens with one attached hydrogen (secondary N) is 2. The van der Waals surface area contributed by atoms with E-state index in [0.717, 1.165) is 23.3 Å². The first-order valence-electron chi connectivity index (χ1n) is 8.92. The molecule has 8 heteroatoms. The highest BCUT2D eigenvalue weighted by Crippen LogP contribution is 2.29. The first-order valence-corrected chi connectivity index (χ1v) is 9.30. The van der Waals surface area contributed by atoms with Gasteiger partial charge in [-0.1, -0.05) is 54.1 Å². The minimum absolute atomic E-state index is 0.211. The summed E-state index contributed by atoms with van der Waals surface area (Å²) in [5, 5.41) is 7.18. The zero-order chi connectivity index (χ0) is 21.6. The van der Waals surface area contributed by atoms with Crippen molar-refractivity contribution in [3.63, 3.8) is 0 Å². The molecule has 0 aliphatic rings. The molecule has 0 saturated carbocycles. The van der Waals surface area contributed by atoms with Crippen molar-refractivity contribution in [1.82, 2.24) is 5.43 Å². The van der Waals surface area contributed by atoms with E-state index in [1.54, 1.807) is 18.2 Å². The third-order valence-electron chi connectivity index (χ3n) is 4.13. The molecule has 154 valence electrons. The van der Waals surface area contributed by atoms with Crippen LogP contribution in [-0.4, -0.2) is 11.7 Å². The predicted octanol–water partition coefficient (Wildman–Crippen LogP) is 6.13. The minimum Gasteiger partial charge on any atom is -0.307 e. The van der Waals surface area contributed by atoms with E-state index in [9.17, 15) is 18.0 Å². The molecule has 2 N–H and O–H groups in total. The highest BCUT2D eigenvalue weighted by atomic mass is 35.5. The third-order valence-corrected chi connectivity index (χ3v) is 4.37. The summed E-state index contributed by atoms with van der Waals surface area (Å²) in [4.78, 5) is 12.2. The highest BCUT2D eigenvalue weighted by molar-refractivity contribution is 6.31. The van der Waals surface area contributed by atoms with Gasteiger partial charge in [0, 0.05) is 17.1 Å². The van der Waals surface area contributed by atoms with Crippen LogP contribution in [0.2, 0.25) is 5.02 Å². The molecule has 4 nitrogen and oxygen atoms in total. The molecular weight excluding hydrogens is 415 g/mol. The van der Waals surface area contributed by atoms with Gasteiger partial charge in [0.25, 0.3) is 0 Å². The molecule has 0 bridgehead atoms. The lowest BCUT2D eigenvalue weighted by molar-refractivity contribution is -0.137. The standard InChI is InChI=1S/C22H17ClF3N3O/c23-18-8-4-7-16(14-18)20(13-15-5-2-1-3-6-15)28-29-21(30)27-19-11-9-17(10-12-19)22(24,25)26/h1-12,14H,13H2,(H2,27,29,30). The van der Waals surface area contributed by atoms with Crippen LogP contribution in [0.5, 0.6) is 0 Å². The van der Waals surface area contributed by atoms with E-state index in [4.69, 9.17) is 11.6 Å². The van der Waals surface area contributed by atoms with Crippen LogP contribution in [0.4, 0.5) is 23.7 Å². The largest absolute Gasteiger partial charge is 0.416 e. The van der Waals surface area contributed by atoms with E-state index in [1.165, 1.54) is 12.1 Å². The van der Waals surface area contributed by atoms with E-state index in [-0.39, 0.29) is 5.69 Å². The van der Waals surface area contributed by atoms with Crippen LogP contribution in [0.1, 0.15) is 16.7 Å². The zero-order valence-electron chi connectivity index (χ0n) is 15.6. The number of anilines is 1. The van der Waals surface area contributed by atoms with Gasteiger partial charge in [0.15, 0.2) is 0 Å². The first-order chi connectivity index (χ1) is 14.3. The molecule has 0 radical (unpaired) electrons. The van der Waals surface area contributed by atoms with Crippen molar-refractivity contribution in [3.8, 4) is 0 Å². The van der Waals surface area contributed by atoms with Gasteiger partial charge in [-0.05, 0) is 47.5 Å². The topological polar surface area (TPSA) is 53.5 Å². The van der Waals surface area contributed by atoms with E-state index in [0.29, 0.717) is 17.2 Å². The average Bonchev–Trinajstić information content (AvgIpc) is 2.71. The maximum Gasteiger partial charge on any atom is 0.416 e. The number of halogens is 4. The smallest absolute Gasteiger partial charge is 0.307 e. The molecule has 0 heterocycles. The Bertz CT molecular complexity index is 1040. The SMILES string of the molecule is O=C(NN=C(Cc1ccccc1)c1cccc(Cl)c1)Nc1ccc(C(F)(F)F)cc1. The fourth-order valence-corrected chi connectivity index (χ4v) is 2.87. The molecule has 0 saturated heterocycles. The van der Waals surface area contributed by atoms with Crippen molar-refractivity contribution in [3.05, 3.63) is 101 Å². The molecule has 0 aliphatic carbocycles. The number of amides is 2. The molecule has 0 aromatic heterocycles. The Morgan fingerprint density at radius 3 is 2.27 bits per heavy atom. The molecule has 30 heavy (non-hydrogen) atoms. The normalized spacial score (nSPS) is 11.8. The van der Waals surface area contributed by atoms with Gasteiger partial charge >= 0.3 is 12.2 Å². The van der Waals surface area contributed by atoms with Crippen LogP contribution in [0.3, 0.4) is 0 Å². The Kier molecular flexibility index (Phi) is 6.74. The van der Waals surface area contributed by atoms with E-state index in [2.05, 4.69) is 15.8 Å². The summed E-state index contributed by atoms with van der Waals surface area (Å²) in [7, 11) is 0. The van der Waals surface area contributed by atoms with Crippen LogP contribution in [0.25, 0.3) is 0 Å². The molecule has 0 atom stereocenters. The summed E-state index contributed by atoms with van der Waals surface area (Å²) in [6, 6.07) is 20.1. The third kappa shape index (κ3) is 6.09. The molecule has 0 spiro atoms. The van der Waals surface area contributed by atoms with Crippen LogP contribution in [0, 0.1) is 0 Å². The van der Waals surface area contributed by atoms with Gasteiger partial charge in [-0.2, -0.15) is 18.3 Å². The summed E-state index contributed by atoms with van der Waals surface area (Å²) >= 11 is 6.07. The van der Waals surface area contributed by atoms with Gasteiger partial charge in [0.2, 0.25) is 0 Å². The van der Waals surface area contributed by atoms with Gasteiger partial charge in [-0.3, -0.25) is 0 Å². The Labute approximate surface area is 176 Å². The van der Waals surface area contributed by atoms with Crippen molar-refractivity contribution < 1.29 is 18.0 Å². The summed E-state index contributed by atoms with van der Waals surface area (Å²) in [5.41, 5.74) is 4.10. The fourth-order valence-electron chi connectivity index (χ4n) is 2.68. The number of nitrogens with zero attached hydrogens (tertiary/aromatic N) is 1. The summed E-state index contributed by atoms with van der Waals surface area (Å²) < 4.78 is 37.9. The quantitative estimate of drug-likeness (QED) is 0.370. The number of hydrogen-bond acceptors (Lipinski definition) is 2. The lowest BCUT2D eigenvalue weighted by Gasteiger charge is -2.10. The van der Waals surface area contributed by atoms with Crippen molar-refractivity contribution in [1.29, 1.82) is 0 Å². The highest BCUT2D eigenvalue weighted by Gasteiger charge is 2.29. The Morgan fingerprint density at radius 2 is 1.63 bits per heavy atom. The number of urea groups is 1. The summed E-state index contributed by atoms with van der Waals surface area (Å²) in [6.45, 7) is 0. The van der Waals surface area contributed by atoms with E-state index >= 15 is 0 Å². The molecule has 2 amide bonds. The Balaban J connectivity index is 1.73. The zero-order valence-corrected chi connectivity index (χ0v) is 16.3. The lowest BCUT2D eigenvalue weighted by Crippen LogP contribution is -2.26. The van der Waals surface area contributed by atoms with Crippen molar-refractivity contribution in [2.24, 2.45) is 5.10 Å². The van der Waals surface area contributed by atoms with Gasteiger partial charge in [-0.15, -0.1) is 0 Å². The Morgan fingerprint density at radius 1 is 0.933 bits per heavy atom. The number of hydrogen-bond donors (Lipinski definition) is 2. The number of benzene rings is 3. The number of rotatable bonds is 5. The maximum atomic E-state index is 12.6. The predicted molar refractivity (Wildman–Crippen MR) is 112 cm³/mol. The number of carbonyl (C=O) groups excluding carboxylic acids is 1. The van der Waals surface area contributed by atoms with Crippen LogP contribution >= 0.6 is 11.6 Å². The molecule has 3 rings (SSSR count). The summed E-state index contributed by atoms with van der Waals surface area (Å²) in [5.74, 6) is 0. The van der Waals surface area contributed by atoms with Crippen LogP contribution < -0.4 is 10.7 Å². The van der Waals surface area contributed by atoms with Crippen LogP contribution in [0.15, 0.2) is 84.0 Å². The first kappa shape index (κ1) is 21.4. The second kappa shape index (κ2) is 9.45.